The van der Waals surface area contributed by atoms with Gasteiger partial charge in [-0.15, -0.1) is 0 Å². The highest BCUT2D eigenvalue weighted by Crippen LogP contribution is 2.26. The molecule has 4 rings (SSSR count). The summed E-state index contributed by atoms with van der Waals surface area (Å²) < 4.78 is 0. The van der Waals surface area contributed by atoms with Gasteiger partial charge in [0.2, 0.25) is 0 Å². The molecule has 1 saturated heterocycles. The van der Waals surface area contributed by atoms with E-state index in [1.165, 1.54) is 10.8 Å². The minimum Gasteiger partial charge on any atom is -0.348 e. The van der Waals surface area contributed by atoms with E-state index in [2.05, 4.69) is 41.0 Å². The summed E-state index contributed by atoms with van der Waals surface area (Å²) in [5.41, 5.74) is 3.10. The smallest absolute Gasteiger partial charge is 0.251 e. The van der Waals surface area contributed by atoms with Crippen LogP contribution in [0.5, 0.6) is 0 Å². The Morgan fingerprint density at radius 2 is 1.80 bits per heavy atom. The maximum Gasteiger partial charge on any atom is 0.251 e. The van der Waals surface area contributed by atoms with Crippen LogP contribution in [0.3, 0.4) is 0 Å². The average molecular weight is 330 g/mol. The first-order valence-electron chi connectivity index (χ1n) is 8.87. The Morgan fingerprint density at radius 1 is 1.00 bits per heavy atom. The third-order valence-corrected chi connectivity index (χ3v) is 5.02. The molecule has 0 bridgehead atoms. The van der Waals surface area contributed by atoms with E-state index in [1.54, 1.807) is 0 Å². The van der Waals surface area contributed by atoms with Crippen LogP contribution in [0.2, 0.25) is 0 Å². The summed E-state index contributed by atoms with van der Waals surface area (Å²) in [6.45, 7) is 2.52. The number of hydrogen-bond donors (Lipinski definition) is 2. The van der Waals surface area contributed by atoms with Crippen LogP contribution >= 0.6 is 0 Å². The monoisotopic (exact) mass is 330 g/mol. The molecule has 1 atom stereocenters. The highest BCUT2D eigenvalue weighted by atomic mass is 16.1. The standard InChI is InChI=1S/C22H22N2O/c25-22(21-11-4-3-10-20(21)18-12-13-23-14-18)24-15-17-8-5-7-16-6-1-2-9-19(16)17/h1-11,18,23H,12-15H2,(H,24,25). The summed E-state index contributed by atoms with van der Waals surface area (Å²) in [7, 11) is 0. The van der Waals surface area contributed by atoms with Crippen LogP contribution in [0.1, 0.15) is 33.8 Å². The van der Waals surface area contributed by atoms with Crippen molar-refractivity contribution in [2.75, 3.05) is 13.1 Å². The second-order valence-corrected chi connectivity index (χ2v) is 6.60. The zero-order chi connectivity index (χ0) is 17.1. The number of benzene rings is 3. The van der Waals surface area contributed by atoms with Crippen LogP contribution in [0.25, 0.3) is 10.8 Å². The van der Waals surface area contributed by atoms with Crippen LogP contribution in [0.15, 0.2) is 66.7 Å². The summed E-state index contributed by atoms with van der Waals surface area (Å²) in [5.74, 6) is 0.440. The zero-order valence-corrected chi connectivity index (χ0v) is 14.2. The quantitative estimate of drug-likeness (QED) is 0.763. The predicted molar refractivity (Wildman–Crippen MR) is 102 cm³/mol. The molecule has 1 heterocycles. The van der Waals surface area contributed by atoms with Gasteiger partial charge >= 0.3 is 0 Å². The van der Waals surface area contributed by atoms with Gasteiger partial charge in [0.15, 0.2) is 0 Å². The van der Waals surface area contributed by atoms with E-state index < -0.39 is 0 Å². The fourth-order valence-corrected chi connectivity index (χ4v) is 3.70. The normalized spacial score (nSPS) is 16.9. The van der Waals surface area contributed by atoms with Crippen LogP contribution in [-0.2, 0) is 6.54 Å². The topological polar surface area (TPSA) is 41.1 Å². The SMILES string of the molecule is O=C(NCc1cccc2ccccc12)c1ccccc1C1CCNC1. The first-order valence-corrected chi connectivity index (χ1v) is 8.87. The summed E-state index contributed by atoms with van der Waals surface area (Å²) in [6.07, 6.45) is 1.09. The van der Waals surface area contributed by atoms with E-state index in [1.807, 2.05) is 36.4 Å². The van der Waals surface area contributed by atoms with Crippen LogP contribution < -0.4 is 10.6 Å². The fourth-order valence-electron chi connectivity index (χ4n) is 3.70. The van der Waals surface area contributed by atoms with Crippen molar-refractivity contribution in [3.63, 3.8) is 0 Å². The lowest BCUT2D eigenvalue weighted by Crippen LogP contribution is -2.25. The molecule has 1 amide bonds. The molecule has 0 spiro atoms. The minimum absolute atomic E-state index is 0.00966. The van der Waals surface area contributed by atoms with Gasteiger partial charge in [-0.25, -0.2) is 0 Å². The molecule has 0 aromatic heterocycles. The van der Waals surface area contributed by atoms with E-state index >= 15 is 0 Å². The maximum atomic E-state index is 12.8. The molecule has 1 aliphatic heterocycles. The molecule has 0 saturated carbocycles. The summed E-state index contributed by atoms with van der Waals surface area (Å²) in [6, 6.07) is 22.5. The molecule has 3 heteroatoms. The van der Waals surface area contributed by atoms with Crippen molar-refractivity contribution in [3.05, 3.63) is 83.4 Å². The molecule has 0 radical (unpaired) electrons. The van der Waals surface area contributed by atoms with Gasteiger partial charge in [-0.05, 0) is 46.8 Å². The molecule has 1 unspecified atom stereocenters. The van der Waals surface area contributed by atoms with Crippen LogP contribution in [-0.4, -0.2) is 19.0 Å². The van der Waals surface area contributed by atoms with Gasteiger partial charge in [0, 0.05) is 18.7 Å². The molecule has 0 aliphatic carbocycles. The second-order valence-electron chi connectivity index (χ2n) is 6.60. The summed E-state index contributed by atoms with van der Waals surface area (Å²) >= 11 is 0. The molecule has 2 N–H and O–H groups in total. The first-order chi connectivity index (χ1) is 12.3. The lowest BCUT2D eigenvalue weighted by Gasteiger charge is -2.15. The van der Waals surface area contributed by atoms with Crippen molar-refractivity contribution < 1.29 is 4.79 Å². The van der Waals surface area contributed by atoms with E-state index in [0.29, 0.717) is 12.5 Å². The molecular formula is C22H22N2O. The maximum absolute atomic E-state index is 12.8. The van der Waals surface area contributed by atoms with Crippen molar-refractivity contribution in [2.45, 2.75) is 18.9 Å². The molecule has 1 fully saturated rings. The molecule has 126 valence electrons. The number of hydrogen-bond acceptors (Lipinski definition) is 2. The van der Waals surface area contributed by atoms with Gasteiger partial charge in [-0.2, -0.15) is 0 Å². The van der Waals surface area contributed by atoms with Gasteiger partial charge in [-0.3, -0.25) is 4.79 Å². The van der Waals surface area contributed by atoms with Gasteiger partial charge in [0.25, 0.3) is 5.91 Å². The third kappa shape index (κ3) is 3.28. The van der Waals surface area contributed by atoms with E-state index in [4.69, 9.17) is 0 Å². The van der Waals surface area contributed by atoms with Crippen molar-refractivity contribution in [1.29, 1.82) is 0 Å². The van der Waals surface area contributed by atoms with Gasteiger partial charge in [0.05, 0.1) is 0 Å². The fraction of sp³-hybridized carbons (Fsp3) is 0.227. The van der Waals surface area contributed by atoms with Crippen molar-refractivity contribution in [3.8, 4) is 0 Å². The van der Waals surface area contributed by atoms with Crippen molar-refractivity contribution in [2.24, 2.45) is 0 Å². The highest BCUT2D eigenvalue weighted by molar-refractivity contribution is 5.96. The number of carbonyl (C=O) groups is 1. The average Bonchev–Trinajstić information content (AvgIpc) is 3.21. The number of fused-ring (bicyclic) bond motifs is 1. The zero-order valence-electron chi connectivity index (χ0n) is 14.2. The Balaban J connectivity index is 1.55. The first kappa shape index (κ1) is 15.9. The molecule has 25 heavy (non-hydrogen) atoms. The molecule has 3 aromatic rings. The van der Waals surface area contributed by atoms with E-state index in [0.717, 1.165) is 36.2 Å². The third-order valence-electron chi connectivity index (χ3n) is 5.02. The Hall–Kier alpha value is -2.65. The number of amides is 1. The van der Waals surface area contributed by atoms with Crippen LogP contribution in [0.4, 0.5) is 0 Å². The molecule has 1 aliphatic rings. The van der Waals surface area contributed by atoms with Crippen molar-refractivity contribution >= 4 is 16.7 Å². The molecule has 3 nitrogen and oxygen atoms in total. The Morgan fingerprint density at radius 3 is 2.68 bits per heavy atom. The lowest BCUT2D eigenvalue weighted by atomic mass is 9.93. The van der Waals surface area contributed by atoms with E-state index in [9.17, 15) is 4.79 Å². The minimum atomic E-state index is 0.00966. The number of nitrogens with one attached hydrogen (secondary N) is 2. The largest absolute Gasteiger partial charge is 0.348 e. The summed E-state index contributed by atoms with van der Waals surface area (Å²) in [5, 5.41) is 8.89. The lowest BCUT2D eigenvalue weighted by molar-refractivity contribution is 0.0949. The van der Waals surface area contributed by atoms with Crippen molar-refractivity contribution in [1.82, 2.24) is 10.6 Å². The predicted octanol–water partition coefficient (Wildman–Crippen LogP) is 3.85. The molecular weight excluding hydrogens is 308 g/mol. The Bertz CT molecular complexity index is 892. The number of carbonyl (C=O) groups excluding carboxylic acids is 1. The Kier molecular flexibility index (Phi) is 4.49. The van der Waals surface area contributed by atoms with Gasteiger partial charge in [-0.1, -0.05) is 60.7 Å². The van der Waals surface area contributed by atoms with Crippen LogP contribution in [0, 0.1) is 0 Å². The summed E-state index contributed by atoms with van der Waals surface area (Å²) in [4.78, 5) is 12.8. The highest BCUT2D eigenvalue weighted by Gasteiger charge is 2.21. The van der Waals surface area contributed by atoms with Gasteiger partial charge < -0.3 is 10.6 Å². The second kappa shape index (κ2) is 7.08. The number of rotatable bonds is 4. The van der Waals surface area contributed by atoms with Gasteiger partial charge in [0.1, 0.15) is 0 Å². The van der Waals surface area contributed by atoms with E-state index in [-0.39, 0.29) is 5.91 Å². The Labute approximate surface area is 148 Å². The molecule has 3 aromatic carbocycles.